The molecule has 0 amide bonds. The van der Waals surface area contributed by atoms with Crippen molar-refractivity contribution in [2.75, 3.05) is 19.7 Å². The average molecular weight is 359 g/mol. The molecule has 3 heterocycles. The third-order valence-electron chi connectivity index (χ3n) is 6.33. The molecule has 0 bridgehead atoms. The Labute approximate surface area is 154 Å². The van der Waals surface area contributed by atoms with Crippen LogP contribution in [0.3, 0.4) is 0 Å². The van der Waals surface area contributed by atoms with Gasteiger partial charge in [-0.25, -0.2) is 4.79 Å². The summed E-state index contributed by atoms with van der Waals surface area (Å²) in [6, 6.07) is 4.70. The molecule has 3 aliphatic rings. The monoisotopic (exact) mass is 359 g/mol. The first-order valence-electron chi connectivity index (χ1n) is 9.87. The lowest BCUT2D eigenvalue weighted by Crippen LogP contribution is -2.44. The maximum atomic E-state index is 10.9. The van der Waals surface area contributed by atoms with Crippen LogP contribution in [0, 0.1) is 5.92 Å². The van der Waals surface area contributed by atoms with E-state index in [1.807, 2.05) is 6.07 Å². The molecule has 1 spiro atoms. The molecule has 0 radical (unpaired) electrons. The van der Waals surface area contributed by atoms with Gasteiger partial charge in [0.05, 0.1) is 23.5 Å². The molecule has 1 aromatic rings. The van der Waals surface area contributed by atoms with E-state index in [-0.39, 0.29) is 11.2 Å². The normalized spacial score (nSPS) is 30.6. The molecule has 26 heavy (non-hydrogen) atoms. The zero-order chi connectivity index (χ0) is 18.1. The van der Waals surface area contributed by atoms with E-state index in [0.29, 0.717) is 6.04 Å². The van der Waals surface area contributed by atoms with E-state index in [9.17, 15) is 4.79 Å². The lowest BCUT2D eigenvalue weighted by atomic mass is 9.87. The molecule has 0 aromatic carbocycles. The van der Waals surface area contributed by atoms with Crippen molar-refractivity contribution in [2.45, 2.75) is 63.3 Å². The molecule has 142 valence electrons. The number of nitrogens with zero attached hydrogens (tertiary/aromatic N) is 2. The molecule has 1 aromatic heterocycles. The average Bonchev–Trinajstić information content (AvgIpc) is 3.29. The minimum atomic E-state index is -0.929. The summed E-state index contributed by atoms with van der Waals surface area (Å²) in [5.74, 6) is -0.0459. The van der Waals surface area contributed by atoms with E-state index in [1.54, 1.807) is 6.07 Å². The highest BCUT2D eigenvalue weighted by Crippen LogP contribution is 2.39. The second-order valence-electron chi connectivity index (χ2n) is 8.19. The van der Waals surface area contributed by atoms with E-state index in [2.05, 4.69) is 22.1 Å². The second-order valence-corrected chi connectivity index (χ2v) is 8.19. The number of aromatic carboxylic acids is 1. The molecular formula is C20H29N3O3. The third-order valence-corrected chi connectivity index (χ3v) is 6.33. The van der Waals surface area contributed by atoms with Crippen LogP contribution in [0.4, 0.5) is 0 Å². The van der Waals surface area contributed by atoms with Gasteiger partial charge < -0.3 is 15.2 Å². The fourth-order valence-corrected chi connectivity index (χ4v) is 4.50. The van der Waals surface area contributed by atoms with Crippen molar-refractivity contribution in [3.8, 4) is 0 Å². The van der Waals surface area contributed by atoms with E-state index in [0.717, 1.165) is 63.2 Å². The Balaban J connectivity index is 1.24. The fraction of sp³-hybridized carbons (Fsp3) is 0.700. The van der Waals surface area contributed by atoms with E-state index in [1.165, 1.54) is 19.0 Å². The minimum Gasteiger partial charge on any atom is -0.478 e. The molecule has 2 N–H and O–H groups in total. The number of likely N-dealkylation sites (tertiary alicyclic amines) is 1. The van der Waals surface area contributed by atoms with Gasteiger partial charge in [-0.2, -0.15) is 0 Å². The third kappa shape index (κ3) is 3.92. The molecule has 6 heteroatoms. The van der Waals surface area contributed by atoms with Gasteiger partial charge in [-0.15, -0.1) is 0 Å². The number of carboxylic acid groups (broad SMARTS) is 1. The summed E-state index contributed by atoms with van der Waals surface area (Å²) in [5.41, 5.74) is 1.23. The Morgan fingerprint density at radius 1 is 1.42 bits per heavy atom. The maximum Gasteiger partial charge on any atom is 0.337 e. The predicted octanol–water partition coefficient (Wildman–Crippen LogP) is 2.29. The summed E-state index contributed by atoms with van der Waals surface area (Å²) < 4.78 is 6.26. The highest BCUT2D eigenvalue weighted by molar-refractivity contribution is 5.87. The van der Waals surface area contributed by atoms with E-state index < -0.39 is 5.97 Å². The number of piperidine rings is 1. The summed E-state index contributed by atoms with van der Waals surface area (Å²) in [6.07, 6.45) is 7.34. The predicted molar refractivity (Wildman–Crippen MR) is 98.1 cm³/mol. The zero-order valence-corrected chi connectivity index (χ0v) is 15.5. The number of ether oxygens (including phenoxy) is 1. The SMILES string of the molecule is CC[C@@H]1C[C@H]1NC1COC2(CCN(Cc3ccc(C(=O)O)cn3)CC2)C1. The van der Waals surface area contributed by atoms with Gasteiger partial charge in [-0.05, 0) is 43.7 Å². The highest BCUT2D eigenvalue weighted by atomic mass is 16.5. The Hall–Kier alpha value is -1.50. The Morgan fingerprint density at radius 3 is 2.85 bits per heavy atom. The van der Waals surface area contributed by atoms with Crippen molar-refractivity contribution < 1.29 is 14.6 Å². The van der Waals surface area contributed by atoms with Gasteiger partial charge in [0.25, 0.3) is 0 Å². The Morgan fingerprint density at radius 2 is 2.23 bits per heavy atom. The van der Waals surface area contributed by atoms with Gasteiger partial charge >= 0.3 is 5.97 Å². The van der Waals surface area contributed by atoms with Gasteiger partial charge in [-0.1, -0.05) is 13.3 Å². The second kappa shape index (κ2) is 7.25. The molecule has 4 rings (SSSR count). The lowest BCUT2D eigenvalue weighted by Gasteiger charge is -2.38. The van der Waals surface area contributed by atoms with Gasteiger partial charge in [0, 0.05) is 37.9 Å². The number of rotatable bonds is 6. The van der Waals surface area contributed by atoms with E-state index >= 15 is 0 Å². The van der Waals surface area contributed by atoms with Gasteiger partial charge in [0.1, 0.15) is 0 Å². The van der Waals surface area contributed by atoms with Crippen molar-refractivity contribution in [3.05, 3.63) is 29.6 Å². The van der Waals surface area contributed by atoms with Crippen LogP contribution in [0.25, 0.3) is 0 Å². The van der Waals surface area contributed by atoms with Crippen molar-refractivity contribution in [2.24, 2.45) is 5.92 Å². The Bertz CT molecular complexity index is 640. The number of aromatic nitrogens is 1. The quantitative estimate of drug-likeness (QED) is 0.812. The number of carbonyl (C=O) groups is 1. The standard InChI is InChI=1S/C20H29N3O3/c1-2-14-9-18(14)22-17-10-20(26-13-17)5-7-23(8-6-20)12-16-4-3-15(11-21-16)19(24)25/h3-4,11,14,17-18,22H,2,5-10,12-13H2,1H3,(H,24,25)/t14-,17?,18-/m1/s1. The summed E-state index contributed by atoms with van der Waals surface area (Å²) in [4.78, 5) is 17.6. The maximum absolute atomic E-state index is 10.9. The molecule has 2 saturated heterocycles. The fourth-order valence-electron chi connectivity index (χ4n) is 4.50. The first-order chi connectivity index (χ1) is 12.6. The zero-order valence-electron chi connectivity index (χ0n) is 15.5. The molecule has 6 nitrogen and oxygen atoms in total. The molecule has 1 unspecified atom stereocenters. The van der Waals surface area contributed by atoms with Crippen molar-refractivity contribution >= 4 is 5.97 Å². The van der Waals surface area contributed by atoms with E-state index in [4.69, 9.17) is 9.84 Å². The molecular weight excluding hydrogens is 330 g/mol. The Kier molecular flexibility index (Phi) is 4.99. The molecule has 3 fully saturated rings. The van der Waals surface area contributed by atoms with Crippen LogP contribution in [0.5, 0.6) is 0 Å². The van der Waals surface area contributed by atoms with Crippen molar-refractivity contribution in [1.29, 1.82) is 0 Å². The minimum absolute atomic E-state index is 0.0609. The molecule has 1 saturated carbocycles. The van der Waals surface area contributed by atoms with Gasteiger partial charge in [-0.3, -0.25) is 9.88 Å². The van der Waals surface area contributed by atoms with Crippen LogP contribution in [0.2, 0.25) is 0 Å². The molecule has 3 atom stereocenters. The largest absolute Gasteiger partial charge is 0.478 e. The van der Waals surface area contributed by atoms with Crippen LogP contribution in [-0.2, 0) is 11.3 Å². The number of hydrogen-bond donors (Lipinski definition) is 2. The highest BCUT2D eigenvalue weighted by Gasteiger charge is 2.45. The number of nitrogens with one attached hydrogen (secondary N) is 1. The molecule has 2 aliphatic heterocycles. The summed E-state index contributed by atoms with van der Waals surface area (Å²) in [6.45, 7) is 5.92. The number of pyridine rings is 1. The van der Waals surface area contributed by atoms with Gasteiger partial charge in [0.15, 0.2) is 0 Å². The van der Waals surface area contributed by atoms with Crippen LogP contribution < -0.4 is 5.32 Å². The number of hydrogen-bond acceptors (Lipinski definition) is 5. The molecule has 1 aliphatic carbocycles. The summed E-state index contributed by atoms with van der Waals surface area (Å²) >= 11 is 0. The topological polar surface area (TPSA) is 74.7 Å². The first kappa shape index (κ1) is 17.9. The smallest absolute Gasteiger partial charge is 0.337 e. The van der Waals surface area contributed by atoms with Crippen LogP contribution in [0.1, 0.15) is 55.1 Å². The summed E-state index contributed by atoms with van der Waals surface area (Å²) in [5, 5.41) is 12.7. The van der Waals surface area contributed by atoms with Crippen molar-refractivity contribution in [3.63, 3.8) is 0 Å². The van der Waals surface area contributed by atoms with Crippen LogP contribution >= 0.6 is 0 Å². The first-order valence-corrected chi connectivity index (χ1v) is 9.87. The van der Waals surface area contributed by atoms with Gasteiger partial charge in [0.2, 0.25) is 0 Å². The van der Waals surface area contributed by atoms with Crippen LogP contribution in [-0.4, -0.2) is 58.3 Å². The summed E-state index contributed by atoms with van der Waals surface area (Å²) in [7, 11) is 0. The lowest BCUT2D eigenvalue weighted by molar-refractivity contribution is -0.0451. The number of carboxylic acids is 1. The van der Waals surface area contributed by atoms with Crippen LogP contribution in [0.15, 0.2) is 18.3 Å². The van der Waals surface area contributed by atoms with Crippen molar-refractivity contribution in [1.82, 2.24) is 15.2 Å².